The van der Waals surface area contributed by atoms with Gasteiger partial charge < -0.3 is 4.57 Å². The molecule has 0 aliphatic rings. The number of rotatable bonds is 9. The molecule has 2 nitrogen and oxygen atoms in total. The molecule has 0 aliphatic carbocycles. The summed E-state index contributed by atoms with van der Waals surface area (Å²) >= 11 is 0. The molecule has 0 fully saturated rings. The van der Waals surface area contributed by atoms with Gasteiger partial charge in [-0.15, -0.1) is 0 Å². The average molecular weight is 577 g/mol. The Balaban J connectivity index is 0.000000220. The lowest BCUT2D eigenvalue weighted by Gasteiger charge is -2.34. The Hall–Kier alpha value is -4.41. The average Bonchev–Trinajstić information content (AvgIpc) is 3.61. The standard InChI is InChI=1S/C26H28N2Si.C13H13B/c1-3-22-10-8-14-25(18-22)29(21-28-17-16-27-20-28,24-12-6-5-7-13-24)26-15-9-11-23(4-2)19-26;1-14(12-8-4-2-5-9-12)13-10-6-3-7-11-13/h5-20H,3-4,21H2,1-2H3;2-11H,1H3. The van der Waals surface area contributed by atoms with Gasteiger partial charge in [-0.1, -0.05) is 171 Å². The van der Waals surface area contributed by atoms with Crippen molar-refractivity contribution in [1.29, 1.82) is 0 Å². The maximum absolute atomic E-state index is 4.34. The highest BCUT2D eigenvalue weighted by Gasteiger charge is 2.40. The van der Waals surface area contributed by atoms with E-state index in [1.54, 1.807) is 0 Å². The summed E-state index contributed by atoms with van der Waals surface area (Å²) in [4.78, 5) is 4.34. The van der Waals surface area contributed by atoms with Crippen molar-refractivity contribution in [2.45, 2.75) is 39.7 Å². The lowest BCUT2D eigenvalue weighted by molar-refractivity contribution is 0.861. The first-order valence-electron chi connectivity index (χ1n) is 15.4. The van der Waals surface area contributed by atoms with Crippen LogP contribution in [0.3, 0.4) is 0 Å². The molecular formula is C39H41BN2Si. The van der Waals surface area contributed by atoms with Crippen LogP contribution in [0.15, 0.2) is 158 Å². The van der Waals surface area contributed by atoms with Gasteiger partial charge in [0.05, 0.1) is 6.33 Å². The van der Waals surface area contributed by atoms with Gasteiger partial charge in [-0.05, 0) is 39.5 Å². The number of imidazole rings is 1. The zero-order valence-electron chi connectivity index (χ0n) is 25.6. The van der Waals surface area contributed by atoms with Gasteiger partial charge in [0.1, 0.15) is 0 Å². The summed E-state index contributed by atoms with van der Waals surface area (Å²) in [5.74, 6) is 0. The summed E-state index contributed by atoms with van der Waals surface area (Å²) < 4.78 is 2.26. The first kappa shape index (κ1) is 30.1. The summed E-state index contributed by atoms with van der Waals surface area (Å²) in [6.07, 6.45) is 8.98. The van der Waals surface area contributed by atoms with Crippen LogP contribution < -0.4 is 26.5 Å². The minimum atomic E-state index is -2.30. The van der Waals surface area contributed by atoms with E-state index in [1.807, 2.05) is 12.5 Å². The van der Waals surface area contributed by atoms with E-state index >= 15 is 0 Å². The normalized spacial score (nSPS) is 11.0. The van der Waals surface area contributed by atoms with Gasteiger partial charge in [0.25, 0.3) is 0 Å². The van der Waals surface area contributed by atoms with Crippen LogP contribution in [-0.2, 0) is 19.0 Å². The Bertz CT molecular complexity index is 1580. The number of aryl methyl sites for hydroxylation is 2. The predicted molar refractivity (Wildman–Crippen MR) is 189 cm³/mol. The topological polar surface area (TPSA) is 17.8 Å². The molecule has 5 aromatic carbocycles. The fraction of sp³-hybridized carbons (Fsp3) is 0.154. The van der Waals surface area contributed by atoms with Crippen molar-refractivity contribution in [2.24, 2.45) is 0 Å². The molecule has 0 radical (unpaired) electrons. The molecule has 0 unspecified atom stereocenters. The zero-order valence-corrected chi connectivity index (χ0v) is 26.6. The van der Waals surface area contributed by atoms with E-state index in [0.29, 0.717) is 6.71 Å². The maximum atomic E-state index is 4.34. The van der Waals surface area contributed by atoms with Crippen LogP contribution in [0.1, 0.15) is 25.0 Å². The van der Waals surface area contributed by atoms with Gasteiger partial charge in [0, 0.05) is 18.6 Å². The first-order valence-corrected chi connectivity index (χ1v) is 17.6. The Morgan fingerprint density at radius 1 is 0.581 bits per heavy atom. The second-order valence-corrected chi connectivity index (χ2v) is 15.0. The molecule has 0 spiro atoms. The van der Waals surface area contributed by atoms with Crippen molar-refractivity contribution in [2.75, 3.05) is 0 Å². The van der Waals surface area contributed by atoms with E-state index in [4.69, 9.17) is 0 Å². The summed E-state index contributed by atoms with van der Waals surface area (Å²) in [6.45, 7) is 7.19. The number of nitrogens with zero attached hydrogens (tertiary/aromatic N) is 2. The quantitative estimate of drug-likeness (QED) is 0.161. The van der Waals surface area contributed by atoms with Crippen molar-refractivity contribution in [3.8, 4) is 0 Å². The Kier molecular flexibility index (Phi) is 10.3. The molecular weight excluding hydrogens is 535 g/mol. The highest BCUT2D eigenvalue weighted by Crippen LogP contribution is 2.14. The zero-order chi connectivity index (χ0) is 29.9. The predicted octanol–water partition coefficient (Wildman–Crippen LogP) is 5.64. The van der Waals surface area contributed by atoms with E-state index < -0.39 is 8.07 Å². The molecule has 0 N–H and O–H groups in total. The first-order chi connectivity index (χ1) is 21.1. The third kappa shape index (κ3) is 7.15. The molecule has 6 rings (SSSR count). The van der Waals surface area contributed by atoms with E-state index in [0.717, 1.165) is 19.0 Å². The molecule has 0 bridgehead atoms. The van der Waals surface area contributed by atoms with E-state index in [9.17, 15) is 0 Å². The number of hydrogen-bond acceptors (Lipinski definition) is 1. The van der Waals surface area contributed by atoms with Crippen LogP contribution in [-0.4, -0.2) is 24.3 Å². The second-order valence-electron chi connectivity index (χ2n) is 11.2. The van der Waals surface area contributed by atoms with Gasteiger partial charge in [-0.25, -0.2) is 4.98 Å². The highest BCUT2D eigenvalue weighted by atomic mass is 28.3. The number of benzene rings is 5. The molecule has 0 amide bonds. The smallest absolute Gasteiger partial charge is 0.206 e. The van der Waals surface area contributed by atoms with Crippen LogP contribution in [0.2, 0.25) is 6.82 Å². The van der Waals surface area contributed by atoms with Crippen LogP contribution in [0.25, 0.3) is 0 Å². The number of aromatic nitrogens is 2. The van der Waals surface area contributed by atoms with E-state index in [1.165, 1.54) is 37.6 Å². The molecule has 0 saturated carbocycles. The lowest BCUT2D eigenvalue weighted by atomic mass is 9.43. The van der Waals surface area contributed by atoms with Crippen LogP contribution in [0.5, 0.6) is 0 Å². The number of hydrogen-bond donors (Lipinski definition) is 0. The van der Waals surface area contributed by atoms with E-state index in [-0.39, 0.29) is 0 Å². The SMILES string of the molecule is CB(c1ccccc1)c1ccccc1.CCc1cccc([Si](Cn2ccnc2)(c2ccccc2)c2cccc(CC)c2)c1. The van der Waals surface area contributed by atoms with Gasteiger partial charge in [-0.3, -0.25) is 0 Å². The third-order valence-electron chi connectivity index (χ3n) is 8.50. The minimum absolute atomic E-state index is 0.484. The maximum Gasteiger partial charge on any atom is 0.206 e. The minimum Gasteiger partial charge on any atom is -0.339 e. The Morgan fingerprint density at radius 3 is 1.49 bits per heavy atom. The fourth-order valence-electron chi connectivity index (χ4n) is 5.94. The summed E-state index contributed by atoms with van der Waals surface area (Å²) in [6, 6.07) is 50.8. The lowest BCUT2D eigenvalue weighted by Crippen LogP contribution is -2.69. The van der Waals surface area contributed by atoms with Crippen molar-refractivity contribution in [3.63, 3.8) is 0 Å². The highest BCUT2D eigenvalue weighted by molar-refractivity contribution is 7.10. The van der Waals surface area contributed by atoms with Gasteiger partial charge in [0.15, 0.2) is 8.07 Å². The van der Waals surface area contributed by atoms with Crippen molar-refractivity contribution >= 4 is 41.3 Å². The summed E-state index contributed by atoms with van der Waals surface area (Å²) in [7, 11) is -2.30. The van der Waals surface area contributed by atoms with Gasteiger partial charge in [0.2, 0.25) is 6.71 Å². The molecule has 4 heteroatoms. The van der Waals surface area contributed by atoms with Crippen molar-refractivity contribution < 1.29 is 0 Å². The molecule has 43 heavy (non-hydrogen) atoms. The largest absolute Gasteiger partial charge is 0.339 e. The van der Waals surface area contributed by atoms with Crippen molar-refractivity contribution in [1.82, 2.24) is 9.55 Å². The summed E-state index contributed by atoms with van der Waals surface area (Å²) in [5, 5.41) is 4.37. The third-order valence-corrected chi connectivity index (χ3v) is 13.3. The Labute approximate surface area is 259 Å². The van der Waals surface area contributed by atoms with Crippen LogP contribution in [0.4, 0.5) is 0 Å². The van der Waals surface area contributed by atoms with Gasteiger partial charge in [-0.2, -0.15) is 0 Å². The molecule has 0 atom stereocenters. The molecule has 0 saturated heterocycles. The molecule has 1 heterocycles. The Morgan fingerprint density at radius 2 is 1.05 bits per heavy atom. The van der Waals surface area contributed by atoms with Crippen LogP contribution >= 0.6 is 0 Å². The van der Waals surface area contributed by atoms with Crippen molar-refractivity contribution in [3.05, 3.63) is 169 Å². The summed E-state index contributed by atoms with van der Waals surface area (Å²) in [5.41, 5.74) is 5.54. The van der Waals surface area contributed by atoms with Gasteiger partial charge >= 0.3 is 0 Å². The second kappa shape index (κ2) is 14.7. The monoisotopic (exact) mass is 576 g/mol. The fourth-order valence-corrected chi connectivity index (χ4v) is 10.6. The molecule has 0 aliphatic heterocycles. The molecule has 1 aromatic heterocycles. The molecule has 6 aromatic rings. The molecule has 214 valence electrons. The van der Waals surface area contributed by atoms with E-state index in [2.05, 4.69) is 176 Å². The van der Waals surface area contributed by atoms with Crippen LogP contribution in [0, 0.1) is 0 Å².